The minimum absolute atomic E-state index is 0.0113. The fourth-order valence-corrected chi connectivity index (χ4v) is 3.35. The number of imidazole rings is 1. The van der Waals surface area contributed by atoms with Crippen LogP contribution >= 0.6 is 0 Å². The number of amides is 1. The molecule has 1 unspecified atom stereocenters. The molecule has 3 rings (SSSR count). The zero-order valence-corrected chi connectivity index (χ0v) is 16.0. The normalized spacial score (nSPS) is 18.2. The van der Waals surface area contributed by atoms with E-state index >= 15 is 0 Å². The van der Waals surface area contributed by atoms with Crippen molar-refractivity contribution in [2.24, 2.45) is 11.3 Å². The monoisotopic (exact) mass is 358 g/mol. The number of nitrogens with one attached hydrogen (secondary N) is 2. The summed E-state index contributed by atoms with van der Waals surface area (Å²) >= 11 is 0. The van der Waals surface area contributed by atoms with Crippen LogP contribution in [-0.4, -0.2) is 51.6 Å². The fourth-order valence-electron chi connectivity index (χ4n) is 3.35. The minimum atomic E-state index is -0.324. The molecule has 0 bridgehead atoms. The van der Waals surface area contributed by atoms with Gasteiger partial charge in [0.25, 0.3) is 0 Å². The van der Waals surface area contributed by atoms with Crippen LogP contribution in [0.4, 0.5) is 5.95 Å². The van der Waals surface area contributed by atoms with Crippen molar-refractivity contribution in [1.29, 1.82) is 0 Å². The van der Waals surface area contributed by atoms with E-state index in [4.69, 9.17) is 0 Å². The van der Waals surface area contributed by atoms with Gasteiger partial charge in [0.2, 0.25) is 11.9 Å². The number of fused-ring (bicyclic) bond motifs is 1. The van der Waals surface area contributed by atoms with Gasteiger partial charge in [-0.2, -0.15) is 0 Å². The molecule has 6 heteroatoms. The summed E-state index contributed by atoms with van der Waals surface area (Å²) in [6.45, 7) is 8.78. The first-order valence-electron chi connectivity index (χ1n) is 9.46. The predicted molar refractivity (Wildman–Crippen MR) is 104 cm³/mol. The molecule has 0 spiro atoms. The summed E-state index contributed by atoms with van der Waals surface area (Å²) in [7, 11) is 0. The summed E-state index contributed by atoms with van der Waals surface area (Å²) in [5.74, 6) is 0.918. The number of H-pyrrole nitrogens is 1. The van der Waals surface area contributed by atoms with Gasteiger partial charge in [-0.15, -0.1) is 0 Å². The van der Waals surface area contributed by atoms with Crippen LogP contribution in [0.2, 0.25) is 0 Å². The first-order chi connectivity index (χ1) is 12.3. The van der Waals surface area contributed by atoms with Gasteiger partial charge in [-0.1, -0.05) is 32.9 Å². The van der Waals surface area contributed by atoms with Gasteiger partial charge in [0, 0.05) is 13.0 Å². The van der Waals surface area contributed by atoms with E-state index in [-0.39, 0.29) is 17.4 Å². The smallest absolute Gasteiger partial charge is 0.226 e. The number of likely N-dealkylation sites (tertiary alicyclic amines) is 1. The Kier molecular flexibility index (Phi) is 5.63. The summed E-state index contributed by atoms with van der Waals surface area (Å²) < 4.78 is 0. The lowest BCUT2D eigenvalue weighted by Crippen LogP contribution is -2.43. The van der Waals surface area contributed by atoms with Crippen LogP contribution in [0, 0.1) is 11.3 Å². The highest BCUT2D eigenvalue weighted by atomic mass is 16.3. The van der Waals surface area contributed by atoms with E-state index in [0.29, 0.717) is 24.8 Å². The number of piperidine rings is 1. The molecular weight excluding hydrogens is 328 g/mol. The summed E-state index contributed by atoms with van der Waals surface area (Å²) in [4.78, 5) is 22.1. The molecule has 1 fully saturated rings. The Morgan fingerprint density at radius 3 is 2.69 bits per heavy atom. The van der Waals surface area contributed by atoms with Gasteiger partial charge in [0.1, 0.15) is 0 Å². The van der Waals surface area contributed by atoms with Crippen LogP contribution in [0.15, 0.2) is 24.3 Å². The number of aromatic nitrogens is 2. The molecule has 1 aromatic heterocycles. The van der Waals surface area contributed by atoms with Gasteiger partial charge in [-0.3, -0.25) is 10.1 Å². The van der Waals surface area contributed by atoms with Crippen LogP contribution in [0.3, 0.4) is 0 Å². The van der Waals surface area contributed by atoms with Crippen molar-refractivity contribution in [3.05, 3.63) is 24.3 Å². The maximum atomic E-state index is 12.3. The molecule has 6 nitrogen and oxygen atoms in total. The van der Waals surface area contributed by atoms with Gasteiger partial charge in [0.15, 0.2) is 0 Å². The quantitative estimate of drug-likeness (QED) is 0.767. The van der Waals surface area contributed by atoms with Crippen molar-refractivity contribution in [2.45, 2.75) is 46.1 Å². The largest absolute Gasteiger partial charge is 0.391 e. The van der Waals surface area contributed by atoms with Gasteiger partial charge < -0.3 is 15.0 Å². The topological polar surface area (TPSA) is 81.2 Å². The average Bonchev–Trinajstić information content (AvgIpc) is 2.97. The van der Waals surface area contributed by atoms with Gasteiger partial charge in [-0.25, -0.2) is 4.98 Å². The van der Waals surface area contributed by atoms with E-state index in [1.54, 1.807) is 0 Å². The Bertz CT molecular complexity index is 709. The number of anilines is 1. The molecule has 1 atom stereocenters. The number of hydrogen-bond acceptors (Lipinski definition) is 4. The third kappa shape index (κ3) is 4.83. The summed E-state index contributed by atoms with van der Waals surface area (Å²) in [6, 6.07) is 7.73. The van der Waals surface area contributed by atoms with E-state index in [9.17, 15) is 9.90 Å². The van der Waals surface area contributed by atoms with Crippen molar-refractivity contribution in [3.8, 4) is 0 Å². The molecule has 0 radical (unpaired) electrons. The molecule has 142 valence electrons. The standard InChI is InChI=1S/C20H30N4O2/c1-20(2,3)17(25)13-24-10-8-14(9-11-24)12-18(26)23-19-21-15-6-4-5-7-16(15)22-19/h4-7,14,17,25H,8-13H2,1-3H3,(H2,21,22,23,26). The number of aliphatic hydroxyl groups is 1. The molecule has 2 heterocycles. The number of nitrogens with zero attached hydrogens (tertiary/aromatic N) is 2. The number of β-amino-alcohol motifs (C(OH)–C–C–N with tert-alkyl or cyclic N) is 1. The molecule has 3 N–H and O–H groups in total. The number of carbonyl (C=O) groups is 1. The Morgan fingerprint density at radius 1 is 1.35 bits per heavy atom. The molecule has 1 aliphatic heterocycles. The molecule has 0 saturated carbocycles. The molecule has 1 saturated heterocycles. The van der Waals surface area contributed by atoms with Crippen molar-refractivity contribution in [1.82, 2.24) is 14.9 Å². The van der Waals surface area contributed by atoms with Gasteiger partial charge in [0.05, 0.1) is 17.1 Å². The third-order valence-corrected chi connectivity index (χ3v) is 5.26. The average molecular weight is 358 g/mol. The van der Waals surface area contributed by atoms with Crippen molar-refractivity contribution < 1.29 is 9.90 Å². The van der Waals surface area contributed by atoms with Crippen LogP contribution in [0.1, 0.15) is 40.0 Å². The number of para-hydroxylation sites is 2. The number of benzene rings is 1. The Morgan fingerprint density at radius 2 is 2.04 bits per heavy atom. The number of hydrogen-bond donors (Lipinski definition) is 3. The second-order valence-corrected chi connectivity index (χ2v) is 8.48. The van der Waals surface area contributed by atoms with Crippen LogP contribution < -0.4 is 5.32 Å². The Hall–Kier alpha value is -1.92. The maximum absolute atomic E-state index is 12.3. The zero-order chi connectivity index (χ0) is 18.7. The fraction of sp³-hybridized carbons (Fsp3) is 0.600. The third-order valence-electron chi connectivity index (χ3n) is 5.26. The molecule has 1 aliphatic rings. The first-order valence-corrected chi connectivity index (χ1v) is 9.46. The van der Waals surface area contributed by atoms with E-state index in [0.717, 1.165) is 37.0 Å². The highest BCUT2D eigenvalue weighted by Gasteiger charge is 2.27. The minimum Gasteiger partial charge on any atom is -0.391 e. The lowest BCUT2D eigenvalue weighted by molar-refractivity contribution is -0.117. The Balaban J connectivity index is 1.44. The number of carbonyl (C=O) groups excluding carboxylic acids is 1. The van der Waals surface area contributed by atoms with Crippen molar-refractivity contribution in [2.75, 3.05) is 25.0 Å². The number of aliphatic hydroxyl groups excluding tert-OH is 1. The number of rotatable bonds is 5. The predicted octanol–water partition coefficient (Wildman–Crippen LogP) is 3.01. The van der Waals surface area contributed by atoms with Crippen molar-refractivity contribution >= 4 is 22.9 Å². The molecule has 0 aliphatic carbocycles. The second kappa shape index (κ2) is 7.76. The maximum Gasteiger partial charge on any atom is 0.226 e. The highest BCUT2D eigenvalue weighted by Crippen LogP contribution is 2.25. The highest BCUT2D eigenvalue weighted by molar-refractivity contribution is 5.91. The zero-order valence-electron chi connectivity index (χ0n) is 16.0. The first kappa shape index (κ1) is 18.9. The van der Waals surface area contributed by atoms with E-state index in [1.807, 2.05) is 24.3 Å². The van der Waals surface area contributed by atoms with E-state index in [1.165, 1.54) is 0 Å². The molecule has 2 aromatic rings. The second-order valence-electron chi connectivity index (χ2n) is 8.48. The molecule has 1 aromatic carbocycles. The van der Waals surface area contributed by atoms with E-state index in [2.05, 4.69) is 41.0 Å². The van der Waals surface area contributed by atoms with E-state index < -0.39 is 0 Å². The van der Waals surface area contributed by atoms with Gasteiger partial charge >= 0.3 is 0 Å². The SMILES string of the molecule is CC(C)(C)C(O)CN1CCC(CC(=O)Nc2nc3ccccc3[nH]2)CC1. The molecule has 26 heavy (non-hydrogen) atoms. The van der Waals surface area contributed by atoms with Crippen LogP contribution in [0.5, 0.6) is 0 Å². The van der Waals surface area contributed by atoms with Crippen LogP contribution in [-0.2, 0) is 4.79 Å². The van der Waals surface area contributed by atoms with Crippen LogP contribution in [0.25, 0.3) is 11.0 Å². The summed E-state index contributed by atoms with van der Waals surface area (Å²) in [5.41, 5.74) is 1.69. The number of aromatic amines is 1. The lowest BCUT2D eigenvalue weighted by Gasteiger charge is -2.36. The van der Waals surface area contributed by atoms with Gasteiger partial charge in [-0.05, 0) is 49.4 Å². The van der Waals surface area contributed by atoms with Crippen molar-refractivity contribution in [3.63, 3.8) is 0 Å². The lowest BCUT2D eigenvalue weighted by atomic mass is 9.87. The Labute approximate surface area is 155 Å². The molecular formula is C20H30N4O2. The summed E-state index contributed by atoms with van der Waals surface area (Å²) in [5, 5.41) is 13.1. The molecule has 1 amide bonds. The summed E-state index contributed by atoms with van der Waals surface area (Å²) in [6.07, 6.45) is 2.18.